The summed E-state index contributed by atoms with van der Waals surface area (Å²) in [6.45, 7) is 0. The molecule has 0 aliphatic heterocycles. The molecule has 3 aliphatic carbocycles. The van der Waals surface area contributed by atoms with Gasteiger partial charge in [-0.25, -0.2) is 4.79 Å². The van der Waals surface area contributed by atoms with Crippen LogP contribution in [-0.2, 0) is 14.6 Å². The maximum atomic E-state index is 12.3. The lowest BCUT2D eigenvalue weighted by Gasteiger charge is -2.44. The van der Waals surface area contributed by atoms with E-state index in [0.717, 1.165) is 6.42 Å². The highest BCUT2D eigenvalue weighted by Gasteiger charge is 2.46. The SMILES string of the molecule is COOC(=O)C1CC2c3ccccc3C1c1ccccc12. The number of rotatable bonds is 2. The second-order valence-corrected chi connectivity index (χ2v) is 5.70. The van der Waals surface area contributed by atoms with Crippen molar-refractivity contribution in [2.45, 2.75) is 18.3 Å². The first-order chi connectivity index (χ1) is 10.3. The molecule has 5 rings (SSSR count). The fourth-order valence-corrected chi connectivity index (χ4v) is 4.01. The molecule has 0 saturated heterocycles. The molecule has 0 radical (unpaired) electrons. The Bertz CT molecular complexity index is 660. The third-order valence-electron chi connectivity index (χ3n) is 4.77. The minimum absolute atomic E-state index is 0.0741. The van der Waals surface area contributed by atoms with Crippen molar-refractivity contribution in [3.8, 4) is 0 Å². The molecular weight excluding hydrogens is 264 g/mol. The number of benzene rings is 2. The van der Waals surface area contributed by atoms with E-state index >= 15 is 0 Å². The lowest BCUT2D eigenvalue weighted by Crippen LogP contribution is -2.37. The van der Waals surface area contributed by atoms with Gasteiger partial charge < -0.3 is 0 Å². The summed E-state index contributed by atoms with van der Waals surface area (Å²) in [5, 5.41) is 0. The first kappa shape index (κ1) is 12.6. The Hall–Kier alpha value is -2.13. The highest BCUT2D eigenvalue weighted by Crippen LogP contribution is 2.55. The van der Waals surface area contributed by atoms with Gasteiger partial charge in [0.15, 0.2) is 0 Å². The average molecular weight is 280 g/mol. The van der Waals surface area contributed by atoms with Gasteiger partial charge in [-0.15, -0.1) is 0 Å². The van der Waals surface area contributed by atoms with E-state index < -0.39 is 0 Å². The van der Waals surface area contributed by atoms with Gasteiger partial charge in [-0.1, -0.05) is 48.5 Å². The Morgan fingerprint density at radius 2 is 1.48 bits per heavy atom. The summed E-state index contributed by atoms with van der Waals surface area (Å²) in [7, 11) is 1.38. The van der Waals surface area contributed by atoms with Crippen molar-refractivity contribution in [2.75, 3.05) is 7.11 Å². The smallest absolute Gasteiger partial charge is 0.298 e. The van der Waals surface area contributed by atoms with Gasteiger partial charge in [-0.3, -0.25) is 4.89 Å². The molecule has 1 unspecified atom stereocenters. The Balaban J connectivity index is 1.88. The van der Waals surface area contributed by atoms with Crippen LogP contribution in [0.2, 0.25) is 0 Å². The molecule has 106 valence electrons. The second kappa shape index (κ2) is 4.71. The third-order valence-corrected chi connectivity index (χ3v) is 4.77. The summed E-state index contributed by atoms with van der Waals surface area (Å²) < 4.78 is 0. The number of carbonyl (C=O) groups is 1. The number of fused-ring (bicyclic) bond motifs is 1. The summed E-state index contributed by atoms with van der Waals surface area (Å²) in [4.78, 5) is 21.7. The first-order valence-corrected chi connectivity index (χ1v) is 7.23. The van der Waals surface area contributed by atoms with Crippen molar-refractivity contribution in [2.24, 2.45) is 5.92 Å². The number of hydrogen-bond donors (Lipinski definition) is 0. The zero-order chi connectivity index (χ0) is 14.4. The third kappa shape index (κ3) is 1.74. The Labute approximate surface area is 123 Å². The van der Waals surface area contributed by atoms with Crippen molar-refractivity contribution >= 4 is 5.97 Å². The van der Waals surface area contributed by atoms with Crippen LogP contribution in [0.25, 0.3) is 0 Å². The molecule has 3 aliphatic rings. The molecule has 0 N–H and O–H groups in total. The van der Waals surface area contributed by atoms with E-state index in [4.69, 9.17) is 4.89 Å². The monoisotopic (exact) mass is 280 g/mol. The van der Waals surface area contributed by atoms with Crippen LogP contribution in [-0.4, -0.2) is 13.1 Å². The molecule has 0 fully saturated rings. The van der Waals surface area contributed by atoms with Crippen molar-refractivity contribution in [1.82, 2.24) is 0 Å². The number of carbonyl (C=O) groups excluding carboxylic acids is 1. The highest BCUT2D eigenvalue weighted by molar-refractivity contribution is 5.77. The standard InChI is InChI=1S/C18H16O3/c1-20-21-18(19)16-10-15-11-6-2-4-8-13(11)17(16)14-9-5-3-7-12(14)15/h2-9,15-17H,10H2,1H3. The van der Waals surface area contributed by atoms with Crippen LogP contribution >= 0.6 is 0 Å². The molecule has 1 atom stereocenters. The predicted octanol–water partition coefficient (Wildman–Crippen LogP) is 3.39. The van der Waals surface area contributed by atoms with Gasteiger partial charge in [0.25, 0.3) is 0 Å². The molecule has 0 aromatic heterocycles. The molecule has 21 heavy (non-hydrogen) atoms. The Kier molecular flexibility index (Phi) is 2.82. The highest BCUT2D eigenvalue weighted by atomic mass is 17.2. The average Bonchev–Trinajstić information content (AvgIpc) is 2.55. The van der Waals surface area contributed by atoms with E-state index in [9.17, 15) is 4.79 Å². The van der Waals surface area contributed by atoms with Gasteiger partial charge in [0.1, 0.15) is 0 Å². The minimum atomic E-state index is -0.267. The fraction of sp³-hybridized carbons (Fsp3) is 0.278. The topological polar surface area (TPSA) is 35.5 Å². The molecule has 0 spiro atoms. The van der Waals surface area contributed by atoms with E-state index in [1.54, 1.807) is 0 Å². The fourth-order valence-electron chi connectivity index (χ4n) is 4.01. The van der Waals surface area contributed by atoms with Gasteiger partial charge in [-0.2, -0.15) is 4.89 Å². The predicted molar refractivity (Wildman–Crippen MR) is 77.8 cm³/mol. The molecule has 2 aromatic carbocycles. The largest absolute Gasteiger partial charge is 0.346 e. The summed E-state index contributed by atoms with van der Waals surface area (Å²) in [5.74, 6) is -0.0851. The lowest BCUT2D eigenvalue weighted by molar-refractivity contribution is -0.260. The van der Waals surface area contributed by atoms with Gasteiger partial charge in [0.05, 0.1) is 13.0 Å². The Morgan fingerprint density at radius 3 is 2.00 bits per heavy atom. The Morgan fingerprint density at radius 1 is 0.952 bits per heavy atom. The molecule has 0 saturated carbocycles. The van der Waals surface area contributed by atoms with Gasteiger partial charge >= 0.3 is 5.97 Å². The quantitative estimate of drug-likeness (QED) is 0.625. The molecule has 0 heterocycles. The van der Waals surface area contributed by atoms with Crippen LogP contribution in [0.3, 0.4) is 0 Å². The van der Waals surface area contributed by atoms with Crippen LogP contribution < -0.4 is 0 Å². The van der Waals surface area contributed by atoms with E-state index in [2.05, 4.69) is 41.3 Å². The van der Waals surface area contributed by atoms with Crippen LogP contribution in [0.1, 0.15) is 40.5 Å². The van der Waals surface area contributed by atoms with Crippen LogP contribution in [0.5, 0.6) is 0 Å². The van der Waals surface area contributed by atoms with Crippen molar-refractivity contribution in [3.63, 3.8) is 0 Å². The van der Waals surface area contributed by atoms with Crippen LogP contribution in [0.4, 0.5) is 0 Å². The summed E-state index contributed by atoms with van der Waals surface area (Å²) in [5.41, 5.74) is 5.21. The maximum Gasteiger partial charge on any atom is 0.346 e. The lowest BCUT2D eigenvalue weighted by atomic mass is 9.59. The first-order valence-electron chi connectivity index (χ1n) is 7.23. The van der Waals surface area contributed by atoms with Gasteiger partial charge in [0.2, 0.25) is 0 Å². The van der Waals surface area contributed by atoms with Crippen molar-refractivity contribution in [1.29, 1.82) is 0 Å². The van der Waals surface area contributed by atoms with Crippen LogP contribution in [0.15, 0.2) is 48.5 Å². The van der Waals surface area contributed by atoms with Crippen LogP contribution in [0, 0.1) is 5.92 Å². The number of hydrogen-bond acceptors (Lipinski definition) is 3. The van der Waals surface area contributed by atoms with E-state index in [1.165, 1.54) is 29.4 Å². The van der Waals surface area contributed by atoms with E-state index in [1.807, 2.05) is 12.1 Å². The maximum absolute atomic E-state index is 12.3. The van der Waals surface area contributed by atoms with Crippen molar-refractivity contribution < 1.29 is 14.6 Å². The molecular formula is C18H16O3. The zero-order valence-electron chi connectivity index (χ0n) is 11.8. The summed E-state index contributed by atoms with van der Waals surface area (Å²) >= 11 is 0. The molecule has 2 aromatic rings. The van der Waals surface area contributed by atoms with Crippen molar-refractivity contribution in [3.05, 3.63) is 70.8 Å². The molecule has 3 nitrogen and oxygen atoms in total. The normalized spacial score (nSPS) is 25.1. The summed E-state index contributed by atoms with van der Waals surface area (Å²) in [6, 6.07) is 16.9. The molecule has 3 heteroatoms. The van der Waals surface area contributed by atoms with Gasteiger partial charge in [-0.05, 0) is 28.7 Å². The van der Waals surface area contributed by atoms with E-state index in [-0.39, 0.29) is 23.7 Å². The second-order valence-electron chi connectivity index (χ2n) is 5.70. The molecule has 2 bridgehead atoms. The molecule has 0 amide bonds. The zero-order valence-corrected chi connectivity index (χ0v) is 11.8. The minimum Gasteiger partial charge on any atom is -0.298 e. The summed E-state index contributed by atoms with van der Waals surface area (Å²) in [6.07, 6.45) is 0.793. The van der Waals surface area contributed by atoms with E-state index in [0.29, 0.717) is 0 Å². The van der Waals surface area contributed by atoms with Gasteiger partial charge in [0, 0.05) is 11.8 Å².